The molecule has 1 aliphatic heterocycles. The van der Waals surface area contributed by atoms with Crippen LogP contribution in [0.2, 0.25) is 0 Å². The Labute approximate surface area is 94.8 Å². The average Bonchev–Trinajstić information content (AvgIpc) is 2.37. The third-order valence-corrected chi connectivity index (χ3v) is 2.27. The standard InChI is InChI=1S/C11H15N2O3/c1-2-6-15-11(3-1)16-8-7-14-10-9-12-4-5-13-10/h5,9,11H,1-3,6-8H2. The molecule has 87 valence electrons. The Morgan fingerprint density at radius 1 is 1.44 bits per heavy atom. The van der Waals surface area contributed by atoms with Crippen LogP contribution in [0.5, 0.6) is 5.88 Å². The lowest BCUT2D eigenvalue weighted by Gasteiger charge is -2.22. The first-order valence-corrected chi connectivity index (χ1v) is 5.49. The zero-order valence-corrected chi connectivity index (χ0v) is 9.09. The van der Waals surface area contributed by atoms with Gasteiger partial charge in [-0.3, -0.25) is 0 Å². The van der Waals surface area contributed by atoms with Crippen LogP contribution in [0.25, 0.3) is 0 Å². The SMILES string of the molecule is [c]1cnc(OCCOC2CCCCO2)cn1. The summed E-state index contributed by atoms with van der Waals surface area (Å²) < 4.78 is 16.2. The van der Waals surface area contributed by atoms with Crippen LogP contribution in [0.15, 0.2) is 12.4 Å². The van der Waals surface area contributed by atoms with Gasteiger partial charge in [0.05, 0.1) is 19.0 Å². The van der Waals surface area contributed by atoms with Gasteiger partial charge >= 0.3 is 0 Å². The predicted molar refractivity (Wildman–Crippen MR) is 55.9 cm³/mol. The van der Waals surface area contributed by atoms with Gasteiger partial charge in [0.1, 0.15) is 12.8 Å². The molecule has 5 nitrogen and oxygen atoms in total. The van der Waals surface area contributed by atoms with Gasteiger partial charge < -0.3 is 14.2 Å². The lowest BCUT2D eigenvalue weighted by molar-refractivity contribution is -0.165. The number of ether oxygens (including phenoxy) is 3. The number of rotatable bonds is 5. The van der Waals surface area contributed by atoms with Gasteiger partial charge in [-0.2, -0.15) is 0 Å². The molecule has 1 saturated heterocycles. The molecular formula is C11H15N2O3. The molecule has 1 aromatic heterocycles. The molecule has 16 heavy (non-hydrogen) atoms. The highest BCUT2D eigenvalue weighted by Crippen LogP contribution is 2.13. The molecule has 2 heterocycles. The molecule has 0 N–H and O–H groups in total. The Balaban J connectivity index is 1.58. The zero-order chi connectivity index (χ0) is 11.1. The fourth-order valence-electron chi connectivity index (χ4n) is 1.49. The largest absolute Gasteiger partial charge is 0.474 e. The average molecular weight is 223 g/mol. The van der Waals surface area contributed by atoms with Crippen molar-refractivity contribution < 1.29 is 14.2 Å². The van der Waals surface area contributed by atoms with E-state index in [1.807, 2.05) is 0 Å². The van der Waals surface area contributed by atoms with E-state index in [0.717, 1.165) is 19.4 Å². The molecule has 0 spiro atoms. The van der Waals surface area contributed by atoms with E-state index in [4.69, 9.17) is 14.2 Å². The van der Waals surface area contributed by atoms with Crippen LogP contribution in [0.1, 0.15) is 19.3 Å². The molecule has 1 atom stereocenters. The fraction of sp³-hybridized carbons (Fsp3) is 0.636. The van der Waals surface area contributed by atoms with E-state index in [1.165, 1.54) is 18.8 Å². The summed E-state index contributed by atoms with van der Waals surface area (Å²) in [7, 11) is 0. The highest BCUT2D eigenvalue weighted by Gasteiger charge is 2.13. The number of hydrogen-bond acceptors (Lipinski definition) is 5. The first-order chi connectivity index (χ1) is 7.95. The van der Waals surface area contributed by atoms with Crippen molar-refractivity contribution in [2.75, 3.05) is 19.8 Å². The third-order valence-electron chi connectivity index (χ3n) is 2.27. The van der Waals surface area contributed by atoms with Crippen LogP contribution in [-0.4, -0.2) is 36.1 Å². The van der Waals surface area contributed by atoms with Crippen molar-refractivity contribution in [1.29, 1.82) is 0 Å². The summed E-state index contributed by atoms with van der Waals surface area (Å²) in [5, 5.41) is 0. The van der Waals surface area contributed by atoms with Gasteiger partial charge in [-0.05, 0) is 19.3 Å². The Morgan fingerprint density at radius 3 is 3.19 bits per heavy atom. The van der Waals surface area contributed by atoms with E-state index < -0.39 is 0 Å². The quantitative estimate of drug-likeness (QED) is 0.702. The summed E-state index contributed by atoms with van der Waals surface area (Å²) in [6.07, 6.45) is 8.79. The summed E-state index contributed by atoms with van der Waals surface area (Å²) in [6, 6.07) is 0. The molecule has 1 radical (unpaired) electrons. The maximum Gasteiger partial charge on any atom is 0.232 e. The molecule has 1 aliphatic rings. The van der Waals surface area contributed by atoms with Crippen molar-refractivity contribution in [3.8, 4) is 5.88 Å². The van der Waals surface area contributed by atoms with Crippen LogP contribution in [0.4, 0.5) is 0 Å². The molecule has 1 aromatic rings. The summed E-state index contributed by atoms with van der Waals surface area (Å²) in [5.74, 6) is 0.493. The van der Waals surface area contributed by atoms with E-state index >= 15 is 0 Å². The van der Waals surface area contributed by atoms with Crippen molar-refractivity contribution in [2.45, 2.75) is 25.6 Å². The van der Waals surface area contributed by atoms with Crippen LogP contribution < -0.4 is 4.74 Å². The number of hydrogen-bond donors (Lipinski definition) is 0. The topological polar surface area (TPSA) is 53.5 Å². The smallest absolute Gasteiger partial charge is 0.232 e. The van der Waals surface area contributed by atoms with Crippen molar-refractivity contribution >= 4 is 0 Å². The Bertz CT molecular complexity index is 289. The number of nitrogens with zero attached hydrogens (tertiary/aromatic N) is 2. The zero-order valence-electron chi connectivity index (χ0n) is 9.09. The second kappa shape index (κ2) is 6.40. The highest BCUT2D eigenvalue weighted by atomic mass is 16.7. The van der Waals surface area contributed by atoms with Gasteiger partial charge in [0, 0.05) is 6.61 Å². The molecule has 0 aromatic carbocycles. The summed E-state index contributed by atoms with van der Waals surface area (Å²) in [6.45, 7) is 1.76. The minimum absolute atomic E-state index is 0.0625. The van der Waals surface area contributed by atoms with Crippen molar-refractivity contribution in [3.63, 3.8) is 0 Å². The van der Waals surface area contributed by atoms with Crippen molar-refractivity contribution in [1.82, 2.24) is 9.97 Å². The predicted octanol–water partition coefficient (Wildman–Crippen LogP) is 1.20. The van der Waals surface area contributed by atoms with Crippen LogP contribution in [0.3, 0.4) is 0 Å². The minimum atomic E-state index is -0.0625. The van der Waals surface area contributed by atoms with E-state index in [2.05, 4.69) is 16.2 Å². The van der Waals surface area contributed by atoms with Gasteiger partial charge in [-0.25, -0.2) is 9.97 Å². The van der Waals surface area contributed by atoms with Gasteiger partial charge in [-0.15, -0.1) is 0 Å². The molecule has 0 saturated carbocycles. The highest BCUT2D eigenvalue weighted by molar-refractivity contribution is 5.00. The molecule has 5 heteroatoms. The molecule has 2 rings (SSSR count). The van der Waals surface area contributed by atoms with E-state index in [-0.39, 0.29) is 6.29 Å². The second-order valence-corrected chi connectivity index (χ2v) is 3.50. The summed E-state index contributed by atoms with van der Waals surface area (Å²) in [5.41, 5.74) is 0. The molecular weight excluding hydrogens is 208 g/mol. The van der Waals surface area contributed by atoms with Crippen molar-refractivity contribution in [3.05, 3.63) is 18.6 Å². The van der Waals surface area contributed by atoms with E-state index in [9.17, 15) is 0 Å². The maximum absolute atomic E-state index is 5.50. The number of aromatic nitrogens is 2. The monoisotopic (exact) mass is 223 g/mol. The van der Waals surface area contributed by atoms with Crippen LogP contribution in [-0.2, 0) is 9.47 Å². The minimum Gasteiger partial charge on any atom is -0.474 e. The fourth-order valence-corrected chi connectivity index (χ4v) is 1.49. The Hall–Kier alpha value is -1.20. The van der Waals surface area contributed by atoms with Gasteiger partial charge in [0.15, 0.2) is 6.29 Å². The first kappa shape index (κ1) is 11.3. The molecule has 1 fully saturated rings. The van der Waals surface area contributed by atoms with Gasteiger partial charge in [-0.1, -0.05) is 0 Å². The lowest BCUT2D eigenvalue weighted by Crippen LogP contribution is -2.24. The Kier molecular flexibility index (Phi) is 4.51. The van der Waals surface area contributed by atoms with E-state index in [1.54, 1.807) is 0 Å². The van der Waals surface area contributed by atoms with Crippen LogP contribution >= 0.6 is 0 Å². The molecule has 0 amide bonds. The lowest BCUT2D eigenvalue weighted by atomic mass is 10.2. The van der Waals surface area contributed by atoms with E-state index in [0.29, 0.717) is 19.1 Å². The summed E-state index contributed by atoms with van der Waals surface area (Å²) in [4.78, 5) is 7.71. The first-order valence-electron chi connectivity index (χ1n) is 5.49. The molecule has 0 aliphatic carbocycles. The third kappa shape index (κ3) is 3.75. The normalized spacial score (nSPS) is 20.6. The van der Waals surface area contributed by atoms with Gasteiger partial charge in [0.2, 0.25) is 5.88 Å². The summed E-state index contributed by atoms with van der Waals surface area (Å²) >= 11 is 0. The van der Waals surface area contributed by atoms with Crippen molar-refractivity contribution in [2.24, 2.45) is 0 Å². The molecule has 0 bridgehead atoms. The maximum atomic E-state index is 5.50. The Morgan fingerprint density at radius 2 is 2.44 bits per heavy atom. The van der Waals surface area contributed by atoms with Crippen LogP contribution in [0, 0.1) is 6.20 Å². The second-order valence-electron chi connectivity index (χ2n) is 3.50. The molecule has 1 unspecified atom stereocenters. The van der Waals surface area contributed by atoms with Gasteiger partial charge in [0.25, 0.3) is 0 Å².